The fourth-order valence-electron chi connectivity index (χ4n) is 1.57. The van der Waals surface area contributed by atoms with Crippen LogP contribution in [0.2, 0.25) is 0 Å². The van der Waals surface area contributed by atoms with E-state index in [1.165, 1.54) is 7.11 Å². The van der Waals surface area contributed by atoms with E-state index in [0.717, 1.165) is 6.54 Å². The van der Waals surface area contributed by atoms with Crippen molar-refractivity contribution in [1.82, 2.24) is 10.2 Å². The second kappa shape index (κ2) is 11.0. The molecule has 7 nitrogen and oxygen atoms in total. The number of aliphatic hydroxyl groups excluding tert-OH is 2. The highest BCUT2D eigenvalue weighted by atomic mass is 16.5. The van der Waals surface area contributed by atoms with E-state index in [1.807, 2.05) is 19.0 Å². The Morgan fingerprint density at radius 2 is 2.05 bits per heavy atom. The Bertz CT molecular complexity index is 259. The van der Waals surface area contributed by atoms with Crippen molar-refractivity contribution in [2.45, 2.75) is 31.7 Å². The first kappa shape index (κ1) is 19.3. The fraction of sp³-hybridized carbons (Fsp3) is 0.923. The van der Waals surface area contributed by atoms with Gasteiger partial charge in [-0.05, 0) is 21.0 Å². The molecule has 0 aliphatic carbocycles. The van der Waals surface area contributed by atoms with Gasteiger partial charge in [-0.2, -0.15) is 0 Å². The fourth-order valence-corrected chi connectivity index (χ4v) is 1.57. The molecule has 0 radical (unpaired) electrons. The van der Waals surface area contributed by atoms with Crippen LogP contribution in [-0.4, -0.2) is 86.8 Å². The Balaban J connectivity index is 3.79. The van der Waals surface area contributed by atoms with Crippen LogP contribution in [0, 0.1) is 0 Å². The molecule has 2 unspecified atom stereocenters. The van der Waals surface area contributed by atoms with E-state index in [9.17, 15) is 9.90 Å². The predicted octanol–water partition coefficient (Wildman–Crippen LogP) is -1.17. The molecule has 0 saturated carbocycles. The molecule has 20 heavy (non-hydrogen) atoms. The summed E-state index contributed by atoms with van der Waals surface area (Å²) < 4.78 is 10.3. The van der Waals surface area contributed by atoms with E-state index < -0.39 is 18.3 Å². The van der Waals surface area contributed by atoms with Crippen LogP contribution < -0.4 is 5.32 Å². The molecule has 0 rings (SSSR count). The number of carbonyl (C=O) groups is 1. The van der Waals surface area contributed by atoms with Crippen molar-refractivity contribution in [3.8, 4) is 0 Å². The van der Waals surface area contributed by atoms with Crippen molar-refractivity contribution in [2.24, 2.45) is 0 Å². The Labute approximate surface area is 120 Å². The first-order chi connectivity index (χ1) is 9.42. The molecule has 0 aromatic heterocycles. The van der Waals surface area contributed by atoms with Gasteiger partial charge in [-0.25, -0.2) is 0 Å². The zero-order valence-corrected chi connectivity index (χ0v) is 12.8. The molecule has 0 aliphatic heterocycles. The number of nitrogens with zero attached hydrogens (tertiary/aromatic N) is 1. The van der Waals surface area contributed by atoms with Crippen molar-refractivity contribution in [2.75, 3.05) is 47.5 Å². The summed E-state index contributed by atoms with van der Waals surface area (Å²) in [7, 11) is 5.28. The third kappa shape index (κ3) is 8.44. The van der Waals surface area contributed by atoms with Crippen molar-refractivity contribution < 1.29 is 24.5 Å². The Morgan fingerprint density at radius 1 is 1.40 bits per heavy atom. The Morgan fingerprint density at radius 3 is 2.55 bits per heavy atom. The third-order valence-corrected chi connectivity index (χ3v) is 2.94. The zero-order valence-electron chi connectivity index (χ0n) is 12.8. The highest BCUT2D eigenvalue weighted by Gasteiger charge is 2.24. The van der Waals surface area contributed by atoms with Crippen LogP contribution in [0.5, 0.6) is 0 Å². The van der Waals surface area contributed by atoms with E-state index in [-0.39, 0.29) is 25.5 Å². The Hall–Kier alpha value is -0.730. The van der Waals surface area contributed by atoms with Crippen molar-refractivity contribution in [3.05, 3.63) is 0 Å². The molecule has 0 aromatic rings. The van der Waals surface area contributed by atoms with Gasteiger partial charge in [0.25, 0.3) is 0 Å². The molecule has 0 spiro atoms. The average Bonchev–Trinajstić information content (AvgIpc) is 2.39. The number of aliphatic hydroxyl groups is 2. The number of amides is 1. The summed E-state index contributed by atoms with van der Waals surface area (Å²) in [6.45, 7) is 2.99. The molecule has 0 fully saturated rings. The second-order valence-corrected chi connectivity index (χ2v) is 4.93. The van der Waals surface area contributed by atoms with Crippen LogP contribution in [0.25, 0.3) is 0 Å². The first-order valence-electron chi connectivity index (χ1n) is 6.77. The quantitative estimate of drug-likeness (QED) is 0.444. The molecule has 0 bridgehead atoms. The van der Waals surface area contributed by atoms with Gasteiger partial charge in [-0.15, -0.1) is 0 Å². The molecule has 7 heteroatoms. The van der Waals surface area contributed by atoms with Gasteiger partial charge >= 0.3 is 0 Å². The molecule has 0 aliphatic rings. The van der Waals surface area contributed by atoms with E-state index >= 15 is 0 Å². The van der Waals surface area contributed by atoms with Gasteiger partial charge in [0, 0.05) is 26.6 Å². The van der Waals surface area contributed by atoms with Crippen LogP contribution in [0.15, 0.2) is 0 Å². The van der Waals surface area contributed by atoms with Crippen LogP contribution in [-0.2, 0) is 14.3 Å². The van der Waals surface area contributed by atoms with E-state index in [0.29, 0.717) is 6.54 Å². The maximum atomic E-state index is 11.5. The van der Waals surface area contributed by atoms with Crippen LogP contribution in [0.4, 0.5) is 0 Å². The van der Waals surface area contributed by atoms with Gasteiger partial charge in [-0.3, -0.25) is 4.79 Å². The minimum atomic E-state index is -0.929. The van der Waals surface area contributed by atoms with Crippen LogP contribution in [0.1, 0.15) is 13.3 Å². The van der Waals surface area contributed by atoms with Crippen molar-refractivity contribution in [3.63, 3.8) is 0 Å². The van der Waals surface area contributed by atoms with E-state index in [4.69, 9.17) is 14.6 Å². The average molecular weight is 292 g/mol. The first-order valence-corrected chi connectivity index (χ1v) is 6.77. The minimum absolute atomic E-state index is 0.0843. The molecule has 120 valence electrons. The van der Waals surface area contributed by atoms with Gasteiger partial charge < -0.3 is 29.9 Å². The summed E-state index contributed by atoms with van der Waals surface area (Å²) in [5.41, 5.74) is 0. The monoisotopic (exact) mass is 292 g/mol. The predicted molar refractivity (Wildman–Crippen MR) is 75.5 cm³/mol. The zero-order chi connectivity index (χ0) is 15.5. The maximum absolute atomic E-state index is 11.5. The lowest BCUT2D eigenvalue weighted by atomic mass is 10.1. The van der Waals surface area contributed by atoms with E-state index in [1.54, 1.807) is 6.92 Å². The van der Waals surface area contributed by atoms with Crippen LogP contribution in [0.3, 0.4) is 0 Å². The largest absolute Gasteiger partial charge is 0.394 e. The number of hydrogen-bond acceptors (Lipinski definition) is 6. The van der Waals surface area contributed by atoms with Gasteiger partial charge in [0.05, 0.1) is 19.3 Å². The van der Waals surface area contributed by atoms with Gasteiger partial charge in [0.1, 0.15) is 12.2 Å². The number of nitrogens with one attached hydrogen (secondary N) is 1. The molecular formula is C13H28N2O5. The van der Waals surface area contributed by atoms with Gasteiger partial charge in [-0.1, -0.05) is 0 Å². The summed E-state index contributed by atoms with van der Waals surface area (Å²) in [4.78, 5) is 13.5. The summed E-state index contributed by atoms with van der Waals surface area (Å²) in [6, 6.07) is 0. The van der Waals surface area contributed by atoms with Crippen molar-refractivity contribution >= 4 is 5.91 Å². The van der Waals surface area contributed by atoms with Crippen LogP contribution >= 0.6 is 0 Å². The number of ether oxygens (including phenoxy) is 2. The highest BCUT2D eigenvalue weighted by Crippen LogP contribution is 2.07. The summed E-state index contributed by atoms with van der Waals surface area (Å²) in [5, 5.41) is 21.6. The molecule has 1 amide bonds. The van der Waals surface area contributed by atoms with Gasteiger partial charge in [0.2, 0.25) is 5.91 Å². The molecule has 3 N–H and O–H groups in total. The standard InChI is InChI=1S/C13H28N2O5/c1-10(13(18)11(9-16)19-4)20-8-5-12(17)14-6-7-15(2)3/h10-11,13,16,18H,5-9H2,1-4H3,(H,14,17)/t10-,11?,13?/m1/s1. The second-order valence-electron chi connectivity index (χ2n) is 4.93. The maximum Gasteiger partial charge on any atom is 0.222 e. The SMILES string of the molecule is COC(CO)C(O)[C@@H](C)OCCC(=O)NCCN(C)C. The number of hydrogen-bond donors (Lipinski definition) is 3. The lowest BCUT2D eigenvalue weighted by Crippen LogP contribution is -2.41. The van der Waals surface area contributed by atoms with Gasteiger partial charge in [0.15, 0.2) is 0 Å². The lowest BCUT2D eigenvalue weighted by molar-refractivity contribution is -0.126. The lowest BCUT2D eigenvalue weighted by Gasteiger charge is -2.25. The third-order valence-electron chi connectivity index (χ3n) is 2.94. The smallest absolute Gasteiger partial charge is 0.222 e. The number of rotatable bonds is 11. The normalized spacial score (nSPS) is 15.9. The Kier molecular flexibility index (Phi) is 10.6. The summed E-state index contributed by atoms with van der Waals surface area (Å²) >= 11 is 0. The summed E-state index contributed by atoms with van der Waals surface area (Å²) in [5.74, 6) is -0.0843. The number of methoxy groups -OCH3 is 1. The minimum Gasteiger partial charge on any atom is -0.394 e. The molecule has 0 heterocycles. The number of likely N-dealkylation sites (N-methyl/N-ethyl adjacent to an activating group) is 1. The number of carbonyl (C=O) groups excluding carboxylic acids is 1. The highest BCUT2D eigenvalue weighted by molar-refractivity contribution is 5.75. The topological polar surface area (TPSA) is 91.3 Å². The molecule has 0 aromatic carbocycles. The molecule has 3 atom stereocenters. The van der Waals surface area contributed by atoms with E-state index in [2.05, 4.69) is 5.32 Å². The summed E-state index contributed by atoms with van der Waals surface area (Å²) in [6.07, 6.45) is -1.89. The van der Waals surface area contributed by atoms with Crippen molar-refractivity contribution in [1.29, 1.82) is 0 Å². The molecule has 0 saturated heterocycles. The molecular weight excluding hydrogens is 264 g/mol.